The van der Waals surface area contributed by atoms with E-state index in [1.54, 1.807) is 12.3 Å². The summed E-state index contributed by atoms with van der Waals surface area (Å²) in [5, 5.41) is 3.96. The fraction of sp³-hybridized carbons (Fsp3) is 0.333. The van der Waals surface area contributed by atoms with E-state index in [4.69, 9.17) is 11.6 Å². The first-order valence-electron chi connectivity index (χ1n) is 7.90. The van der Waals surface area contributed by atoms with Crippen LogP contribution < -0.4 is 5.32 Å². The van der Waals surface area contributed by atoms with Crippen molar-refractivity contribution in [3.8, 4) is 0 Å². The molecule has 23 heavy (non-hydrogen) atoms. The fourth-order valence-corrected chi connectivity index (χ4v) is 2.99. The minimum absolute atomic E-state index is 0.0105. The lowest BCUT2D eigenvalue weighted by molar-refractivity contribution is 0.0677. The molecule has 4 nitrogen and oxygen atoms in total. The Morgan fingerprint density at radius 3 is 2.78 bits per heavy atom. The molecule has 0 saturated carbocycles. The largest absolute Gasteiger partial charge is 0.355 e. The standard InChI is InChI=1S/C18H20ClN3O/c1-13-3-2-10-22(12-13)18(23)17-11-16(8-9-20-17)21-15-6-4-14(19)5-7-15/h4-9,11,13H,2-3,10,12H2,1H3,(H,20,21). The highest BCUT2D eigenvalue weighted by Gasteiger charge is 2.22. The number of hydrogen-bond donors (Lipinski definition) is 1. The molecular formula is C18H20ClN3O. The molecule has 1 N–H and O–H groups in total. The smallest absolute Gasteiger partial charge is 0.272 e. The van der Waals surface area contributed by atoms with Crippen LogP contribution in [0.1, 0.15) is 30.3 Å². The third-order valence-corrected chi connectivity index (χ3v) is 4.31. The minimum atomic E-state index is 0.0105. The van der Waals surface area contributed by atoms with E-state index in [1.165, 1.54) is 6.42 Å². The van der Waals surface area contributed by atoms with Crippen molar-refractivity contribution in [1.29, 1.82) is 0 Å². The van der Waals surface area contributed by atoms with Crippen molar-refractivity contribution in [3.05, 3.63) is 53.3 Å². The van der Waals surface area contributed by atoms with Gasteiger partial charge in [0.1, 0.15) is 5.69 Å². The summed E-state index contributed by atoms with van der Waals surface area (Å²) in [5.41, 5.74) is 2.25. The summed E-state index contributed by atoms with van der Waals surface area (Å²) >= 11 is 5.89. The second-order valence-electron chi connectivity index (χ2n) is 6.06. The lowest BCUT2D eigenvalue weighted by Gasteiger charge is -2.30. The van der Waals surface area contributed by atoms with Crippen LogP contribution in [-0.4, -0.2) is 28.9 Å². The first-order chi connectivity index (χ1) is 11.1. The number of nitrogens with zero attached hydrogens (tertiary/aromatic N) is 2. The Kier molecular flexibility index (Phi) is 4.82. The van der Waals surface area contributed by atoms with Crippen molar-refractivity contribution in [3.63, 3.8) is 0 Å². The van der Waals surface area contributed by atoms with Gasteiger partial charge in [-0.15, -0.1) is 0 Å². The quantitative estimate of drug-likeness (QED) is 0.910. The molecule has 1 atom stereocenters. The maximum Gasteiger partial charge on any atom is 0.272 e. The van der Waals surface area contributed by atoms with E-state index in [1.807, 2.05) is 35.2 Å². The third kappa shape index (κ3) is 4.02. The Labute approximate surface area is 141 Å². The van der Waals surface area contributed by atoms with Gasteiger partial charge < -0.3 is 10.2 Å². The molecule has 1 aliphatic rings. The van der Waals surface area contributed by atoms with Crippen LogP contribution in [0.2, 0.25) is 5.02 Å². The molecule has 1 aliphatic heterocycles. The SMILES string of the molecule is CC1CCCN(C(=O)c2cc(Nc3ccc(Cl)cc3)ccn2)C1. The van der Waals surface area contributed by atoms with Crippen molar-refractivity contribution >= 4 is 28.9 Å². The van der Waals surface area contributed by atoms with Gasteiger partial charge in [-0.05, 0) is 55.2 Å². The zero-order chi connectivity index (χ0) is 16.2. The van der Waals surface area contributed by atoms with E-state index in [2.05, 4.69) is 17.2 Å². The van der Waals surface area contributed by atoms with Gasteiger partial charge in [0.2, 0.25) is 0 Å². The molecule has 1 aromatic carbocycles. The van der Waals surface area contributed by atoms with E-state index < -0.39 is 0 Å². The number of rotatable bonds is 3. The molecule has 2 aromatic rings. The van der Waals surface area contributed by atoms with Gasteiger partial charge in [-0.2, -0.15) is 0 Å². The maximum atomic E-state index is 12.6. The molecule has 0 radical (unpaired) electrons. The summed E-state index contributed by atoms with van der Waals surface area (Å²) in [5.74, 6) is 0.569. The number of aromatic nitrogens is 1. The molecule has 0 aliphatic carbocycles. The summed E-state index contributed by atoms with van der Waals surface area (Å²) in [4.78, 5) is 18.8. The molecule has 1 amide bonds. The number of pyridine rings is 1. The Morgan fingerprint density at radius 1 is 1.26 bits per heavy atom. The van der Waals surface area contributed by atoms with Crippen LogP contribution in [-0.2, 0) is 0 Å². The predicted octanol–water partition coefficient (Wildman–Crippen LogP) is 4.35. The number of benzene rings is 1. The van der Waals surface area contributed by atoms with Gasteiger partial charge in [0.15, 0.2) is 0 Å². The third-order valence-electron chi connectivity index (χ3n) is 4.06. The van der Waals surface area contributed by atoms with Crippen molar-refractivity contribution in [1.82, 2.24) is 9.88 Å². The van der Waals surface area contributed by atoms with Crippen LogP contribution in [0.15, 0.2) is 42.6 Å². The van der Waals surface area contributed by atoms with Crippen LogP contribution in [0.3, 0.4) is 0 Å². The second-order valence-corrected chi connectivity index (χ2v) is 6.50. The summed E-state index contributed by atoms with van der Waals surface area (Å²) < 4.78 is 0. The van der Waals surface area contributed by atoms with E-state index >= 15 is 0 Å². The number of anilines is 2. The first kappa shape index (κ1) is 15.8. The van der Waals surface area contributed by atoms with Crippen LogP contribution in [0, 0.1) is 5.92 Å². The van der Waals surface area contributed by atoms with Gasteiger partial charge in [-0.1, -0.05) is 18.5 Å². The Hall–Kier alpha value is -2.07. The number of hydrogen-bond acceptors (Lipinski definition) is 3. The van der Waals surface area contributed by atoms with E-state index in [-0.39, 0.29) is 5.91 Å². The zero-order valence-electron chi connectivity index (χ0n) is 13.1. The summed E-state index contributed by atoms with van der Waals surface area (Å²) in [6.45, 7) is 3.82. The molecule has 120 valence electrons. The average molecular weight is 330 g/mol. The topological polar surface area (TPSA) is 45.2 Å². The molecule has 1 unspecified atom stereocenters. The lowest BCUT2D eigenvalue weighted by atomic mass is 10.00. The highest BCUT2D eigenvalue weighted by Crippen LogP contribution is 2.21. The van der Waals surface area contributed by atoms with Gasteiger partial charge in [0.25, 0.3) is 5.91 Å². The van der Waals surface area contributed by atoms with E-state index in [0.717, 1.165) is 30.9 Å². The molecule has 0 bridgehead atoms. The first-order valence-corrected chi connectivity index (χ1v) is 8.27. The summed E-state index contributed by atoms with van der Waals surface area (Å²) in [6, 6.07) is 11.1. The minimum Gasteiger partial charge on any atom is -0.355 e. The molecule has 1 saturated heterocycles. The van der Waals surface area contributed by atoms with Crippen LogP contribution in [0.25, 0.3) is 0 Å². The van der Waals surface area contributed by atoms with E-state index in [9.17, 15) is 4.79 Å². The number of likely N-dealkylation sites (tertiary alicyclic amines) is 1. The van der Waals surface area contributed by atoms with Gasteiger partial charge in [-0.25, -0.2) is 0 Å². The monoisotopic (exact) mass is 329 g/mol. The van der Waals surface area contributed by atoms with Gasteiger partial charge in [0.05, 0.1) is 0 Å². The van der Waals surface area contributed by atoms with Crippen LogP contribution in [0.5, 0.6) is 0 Å². The van der Waals surface area contributed by atoms with Gasteiger partial charge in [-0.3, -0.25) is 9.78 Å². The number of nitrogens with one attached hydrogen (secondary N) is 1. The number of carbonyl (C=O) groups excluding carboxylic acids is 1. The molecular weight excluding hydrogens is 310 g/mol. The van der Waals surface area contributed by atoms with Gasteiger partial charge >= 0.3 is 0 Å². The van der Waals surface area contributed by atoms with Crippen LogP contribution >= 0.6 is 11.6 Å². The molecule has 1 aromatic heterocycles. The van der Waals surface area contributed by atoms with Crippen molar-refractivity contribution in [2.75, 3.05) is 18.4 Å². The Morgan fingerprint density at radius 2 is 2.04 bits per heavy atom. The number of amides is 1. The zero-order valence-corrected chi connectivity index (χ0v) is 13.9. The molecule has 0 spiro atoms. The average Bonchev–Trinajstić information content (AvgIpc) is 2.56. The Bertz CT molecular complexity index is 687. The fourth-order valence-electron chi connectivity index (χ4n) is 2.86. The number of halogens is 1. The summed E-state index contributed by atoms with van der Waals surface area (Å²) in [7, 11) is 0. The molecule has 5 heteroatoms. The van der Waals surface area contributed by atoms with Gasteiger partial charge in [0, 0.05) is 35.7 Å². The van der Waals surface area contributed by atoms with Crippen molar-refractivity contribution in [2.45, 2.75) is 19.8 Å². The molecule has 3 rings (SSSR count). The van der Waals surface area contributed by atoms with Crippen molar-refractivity contribution in [2.24, 2.45) is 5.92 Å². The second kappa shape index (κ2) is 7.01. The Balaban J connectivity index is 1.74. The van der Waals surface area contributed by atoms with Crippen molar-refractivity contribution < 1.29 is 4.79 Å². The number of piperidine rings is 1. The van der Waals surface area contributed by atoms with Crippen LogP contribution in [0.4, 0.5) is 11.4 Å². The predicted molar refractivity (Wildman–Crippen MR) is 93.3 cm³/mol. The maximum absolute atomic E-state index is 12.6. The van der Waals surface area contributed by atoms with E-state index in [0.29, 0.717) is 16.6 Å². The lowest BCUT2D eigenvalue weighted by Crippen LogP contribution is -2.39. The normalized spacial score (nSPS) is 17.8. The molecule has 1 fully saturated rings. The highest BCUT2D eigenvalue weighted by molar-refractivity contribution is 6.30. The molecule has 2 heterocycles. The summed E-state index contributed by atoms with van der Waals surface area (Å²) in [6.07, 6.45) is 3.92. The highest BCUT2D eigenvalue weighted by atomic mass is 35.5. The number of carbonyl (C=O) groups is 1.